The average Bonchev–Trinajstić information content (AvgIpc) is 2.39. The van der Waals surface area contributed by atoms with Crippen molar-refractivity contribution in [2.45, 2.75) is 85.0 Å². The second-order valence-corrected chi connectivity index (χ2v) is 4.85. The highest BCUT2D eigenvalue weighted by Gasteiger charge is 2.31. The number of hydrogen-bond acceptors (Lipinski definition) is 3. The highest BCUT2D eigenvalue weighted by atomic mass is 16.9. The third kappa shape index (κ3) is 10.6. The van der Waals surface area contributed by atoms with Gasteiger partial charge in [0.05, 0.1) is 0 Å². The first kappa shape index (κ1) is 22.1. The van der Waals surface area contributed by atoms with Gasteiger partial charge in [-0.2, -0.15) is 0 Å². The van der Waals surface area contributed by atoms with Crippen LogP contribution >= 0.6 is 0 Å². The molecule has 124 valence electrons. The van der Waals surface area contributed by atoms with Crippen LogP contribution < -0.4 is 0 Å². The van der Waals surface area contributed by atoms with Crippen molar-refractivity contribution in [3.63, 3.8) is 0 Å². The Labute approximate surface area is 125 Å². The van der Waals surface area contributed by atoms with Gasteiger partial charge in [-0.15, -0.1) is 0 Å². The van der Waals surface area contributed by atoms with Crippen molar-refractivity contribution in [2.75, 3.05) is 19.8 Å². The van der Waals surface area contributed by atoms with Crippen LogP contribution in [-0.2, 0) is 14.2 Å². The fourth-order valence-electron chi connectivity index (χ4n) is 2.30. The highest BCUT2D eigenvalue weighted by molar-refractivity contribution is 4.59. The van der Waals surface area contributed by atoms with Crippen LogP contribution in [0.5, 0.6) is 0 Å². The van der Waals surface area contributed by atoms with E-state index in [9.17, 15) is 0 Å². The van der Waals surface area contributed by atoms with Gasteiger partial charge in [-0.1, -0.05) is 45.4 Å². The molecule has 0 aliphatic rings. The van der Waals surface area contributed by atoms with Gasteiger partial charge in [0.1, 0.15) is 0 Å². The van der Waals surface area contributed by atoms with Crippen molar-refractivity contribution < 1.29 is 19.7 Å². The summed E-state index contributed by atoms with van der Waals surface area (Å²) in [6.07, 6.45) is 9.85. The van der Waals surface area contributed by atoms with Crippen molar-refractivity contribution >= 4 is 0 Å². The van der Waals surface area contributed by atoms with E-state index in [2.05, 4.69) is 6.92 Å². The van der Waals surface area contributed by atoms with Crippen LogP contribution in [0.2, 0.25) is 0 Å². The van der Waals surface area contributed by atoms with Gasteiger partial charge in [-0.05, 0) is 27.2 Å². The normalized spacial score (nSPS) is 11.4. The third-order valence-electron chi connectivity index (χ3n) is 3.18. The number of unbranched alkanes of at least 4 members (excludes halogenated alkanes) is 6. The van der Waals surface area contributed by atoms with Crippen molar-refractivity contribution in [3.8, 4) is 0 Å². The third-order valence-corrected chi connectivity index (χ3v) is 3.18. The van der Waals surface area contributed by atoms with Gasteiger partial charge in [0.15, 0.2) is 0 Å². The maximum atomic E-state index is 5.71. The molecule has 0 bridgehead atoms. The number of ether oxygens (including phenoxy) is 3. The molecule has 0 saturated heterocycles. The average molecular weight is 292 g/mol. The van der Waals surface area contributed by atoms with E-state index in [1.165, 1.54) is 38.5 Å². The Hall–Kier alpha value is -0.160. The summed E-state index contributed by atoms with van der Waals surface area (Å²) in [5, 5.41) is 0. The molecule has 0 radical (unpaired) electrons. The highest BCUT2D eigenvalue weighted by Crippen LogP contribution is 2.24. The molecule has 0 spiro atoms. The van der Waals surface area contributed by atoms with Gasteiger partial charge in [0, 0.05) is 26.2 Å². The standard InChI is InChI=1S/C16H34O3.H2O/c1-5-9-10-11-12-13-14-15-16(17-6-2,18-7-3)19-8-4;/h5-15H2,1-4H3;1H2. The van der Waals surface area contributed by atoms with E-state index < -0.39 is 5.97 Å². The fourth-order valence-corrected chi connectivity index (χ4v) is 2.30. The van der Waals surface area contributed by atoms with Crippen LogP contribution in [0.25, 0.3) is 0 Å². The second-order valence-electron chi connectivity index (χ2n) is 4.85. The zero-order valence-corrected chi connectivity index (χ0v) is 14.0. The lowest BCUT2D eigenvalue weighted by atomic mass is 10.1. The smallest absolute Gasteiger partial charge is 0.282 e. The molecule has 0 aromatic carbocycles. The summed E-state index contributed by atoms with van der Waals surface area (Å²) >= 11 is 0. The molecule has 0 atom stereocenters. The van der Waals surface area contributed by atoms with Gasteiger partial charge in [0.2, 0.25) is 0 Å². The van der Waals surface area contributed by atoms with E-state index in [0.29, 0.717) is 19.8 Å². The van der Waals surface area contributed by atoms with E-state index in [-0.39, 0.29) is 5.48 Å². The summed E-state index contributed by atoms with van der Waals surface area (Å²) in [6.45, 7) is 10.1. The molecule has 0 aliphatic carbocycles. The van der Waals surface area contributed by atoms with Gasteiger partial charge < -0.3 is 19.7 Å². The SMILES string of the molecule is CCCCCCCCCC(OCC)(OCC)OCC.O. The van der Waals surface area contributed by atoms with Crippen molar-refractivity contribution in [3.05, 3.63) is 0 Å². The molecule has 4 heteroatoms. The zero-order chi connectivity index (χ0) is 14.4. The molecule has 4 nitrogen and oxygen atoms in total. The predicted molar refractivity (Wildman–Crippen MR) is 83.8 cm³/mol. The molecule has 0 aromatic heterocycles. The zero-order valence-electron chi connectivity index (χ0n) is 14.0. The summed E-state index contributed by atoms with van der Waals surface area (Å²) in [4.78, 5) is 0. The molecule has 2 N–H and O–H groups in total. The van der Waals surface area contributed by atoms with E-state index in [1.807, 2.05) is 20.8 Å². The molecule has 0 aromatic rings. The quantitative estimate of drug-likeness (QED) is 0.358. The van der Waals surface area contributed by atoms with Crippen LogP contribution in [0.1, 0.15) is 79.1 Å². The summed E-state index contributed by atoms with van der Waals surface area (Å²) in [5.41, 5.74) is 0. The summed E-state index contributed by atoms with van der Waals surface area (Å²) < 4.78 is 17.1. The fraction of sp³-hybridized carbons (Fsp3) is 1.00. The van der Waals surface area contributed by atoms with Crippen LogP contribution in [-0.4, -0.2) is 31.3 Å². The van der Waals surface area contributed by atoms with Crippen molar-refractivity contribution in [2.24, 2.45) is 0 Å². The molecule has 0 rings (SSSR count). The van der Waals surface area contributed by atoms with Crippen LogP contribution in [0.3, 0.4) is 0 Å². The van der Waals surface area contributed by atoms with Gasteiger partial charge >= 0.3 is 0 Å². The summed E-state index contributed by atoms with van der Waals surface area (Å²) in [6, 6.07) is 0. The first-order valence-corrected chi connectivity index (χ1v) is 8.16. The van der Waals surface area contributed by atoms with Gasteiger partial charge in [-0.3, -0.25) is 0 Å². The minimum absolute atomic E-state index is 0. The lowest BCUT2D eigenvalue weighted by molar-refractivity contribution is -0.380. The van der Waals surface area contributed by atoms with Crippen LogP contribution in [0.4, 0.5) is 0 Å². The Bertz CT molecular complexity index is 168. The lowest BCUT2D eigenvalue weighted by Gasteiger charge is -2.32. The van der Waals surface area contributed by atoms with Gasteiger partial charge in [-0.25, -0.2) is 0 Å². The van der Waals surface area contributed by atoms with E-state index in [0.717, 1.165) is 12.8 Å². The summed E-state index contributed by atoms with van der Waals surface area (Å²) in [5.74, 6) is -0.804. The van der Waals surface area contributed by atoms with Gasteiger partial charge in [0.25, 0.3) is 5.97 Å². The molecule has 0 saturated carbocycles. The number of hydrogen-bond donors (Lipinski definition) is 0. The molecular weight excluding hydrogens is 256 g/mol. The van der Waals surface area contributed by atoms with E-state index >= 15 is 0 Å². The predicted octanol–water partition coefficient (Wildman–Crippen LogP) is 4.07. The van der Waals surface area contributed by atoms with Crippen LogP contribution in [0.15, 0.2) is 0 Å². The Morgan fingerprint density at radius 3 is 1.40 bits per heavy atom. The Kier molecular flexibility index (Phi) is 16.9. The van der Waals surface area contributed by atoms with Crippen molar-refractivity contribution in [1.29, 1.82) is 0 Å². The molecular formula is C16H36O4. The first-order valence-electron chi connectivity index (χ1n) is 8.16. The van der Waals surface area contributed by atoms with E-state index in [4.69, 9.17) is 14.2 Å². The Balaban J connectivity index is 0. The van der Waals surface area contributed by atoms with E-state index in [1.54, 1.807) is 0 Å². The minimum Gasteiger partial charge on any atom is -0.412 e. The molecule has 0 aliphatic heterocycles. The maximum absolute atomic E-state index is 5.71. The lowest BCUT2D eigenvalue weighted by Crippen LogP contribution is -2.39. The first-order chi connectivity index (χ1) is 9.24. The topological polar surface area (TPSA) is 59.2 Å². The molecule has 0 fully saturated rings. The molecule has 0 unspecified atom stereocenters. The summed E-state index contributed by atoms with van der Waals surface area (Å²) in [7, 11) is 0. The van der Waals surface area contributed by atoms with Crippen LogP contribution in [0, 0.1) is 0 Å². The minimum atomic E-state index is -0.804. The largest absolute Gasteiger partial charge is 0.412 e. The monoisotopic (exact) mass is 292 g/mol. The number of rotatable bonds is 14. The molecule has 20 heavy (non-hydrogen) atoms. The Morgan fingerprint density at radius 1 is 0.600 bits per heavy atom. The molecule has 0 amide bonds. The Morgan fingerprint density at radius 2 is 1.00 bits per heavy atom. The van der Waals surface area contributed by atoms with Crippen molar-refractivity contribution in [1.82, 2.24) is 0 Å². The maximum Gasteiger partial charge on any atom is 0.282 e. The molecule has 0 heterocycles. The second kappa shape index (κ2) is 15.2.